The van der Waals surface area contributed by atoms with Crippen LogP contribution in [0.15, 0.2) is 170 Å². The third-order valence-corrected chi connectivity index (χ3v) is 14.4. The predicted molar refractivity (Wildman–Crippen MR) is 297 cm³/mol. The molecule has 3 aromatic heterocycles. The quantitative estimate of drug-likeness (QED) is 0.0956. The normalized spacial score (nSPS) is 12.2. The minimum atomic E-state index is -0.248. The van der Waals surface area contributed by atoms with Gasteiger partial charge < -0.3 is 13.9 Å². The van der Waals surface area contributed by atoms with Crippen LogP contribution in [0.1, 0.15) is 128 Å². The molecule has 0 amide bonds. The van der Waals surface area contributed by atoms with Crippen LogP contribution < -0.4 is 9.30 Å². The van der Waals surface area contributed by atoms with Crippen molar-refractivity contribution < 1.29 is 30.4 Å². The standard InChI is InChI=1S/C67H66N4O.Pt/c1-44(2)56-27-21-28-57(45(3)4)64(56)62-42-69(52-37-50(65(5,6)7)36-51(38-52)66(8,9)10)43-70(62)53-34-47(46-22-15-13-16-23-46)35-55(40-53)72-54-30-31-59-58-26-19-20-29-60(58)71(61(59)41-54)63-39-49(32-33-68-63)67(11,12)48-24-17-14-18-25-48;/h13-39,42,44-45H,1-12H3;/q-2;. The number of hydrogen-bond acceptors (Lipinski definition) is 2. The second kappa shape index (κ2) is 19.9. The van der Waals surface area contributed by atoms with Crippen LogP contribution in [0, 0.1) is 18.5 Å². The Kier molecular flexibility index (Phi) is 13.9. The number of pyridine rings is 1. The van der Waals surface area contributed by atoms with Gasteiger partial charge in [-0.15, -0.1) is 35.2 Å². The molecule has 5 nitrogen and oxygen atoms in total. The number of imidazole rings is 1. The first-order valence-electron chi connectivity index (χ1n) is 25.5. The monoisotopic (exact) mass is 1140 g/mol. The summed E-state index contributed by atoms with van der Waals surface area (Å²) in [5.41, 5.74) is 15.3. The second-order valence-electron chi connectivity index (χ2n) is 22.6. The van der Waals surface area contributed by atoms with Gasteiger partial charge in [-0.05, 0) is 109 Å². The Balaban J connectivity index is 0.00000656. The molecule has 0 fully saturated rings. The third-order valence-electron chi connectivity index (χ3n) is 14.4. The van der Waals surface area contributed by atoms with Gasteiger partial charge in [-0.25, -0.2) is 4.98 Å². The first kappa shape index (κ1) is 51.1. The number of benzene rings is 7. The summed E-state index contributed by atoms with van der Waals surface area (Å²) in [7, 11) is 0. The van der Waals surface area contributed by atoms with Gasteiger partial charge in [-0.3, -0.25) is 4.57 Å². The predicted octanol–water partition coefficient (Wildman–Crippen LogP) is 16.9. The van der Waals surface area contributed by atoms with E-state index in [0.29, 0.717) is 11.5 Å². The topological polar surface area (TPSA) is 35.9 Å². The molecule has 0 atom stereocenters. The van der Waals surface area contributed by atoms with Crippen LogP contribution in [-0.2, 0) is 37.3 Å². The maximum absolute atomic E-state index is 7.02. The van der Waals surface area contributed by atoms with E-state index in [-0.39, 0.29) is 49.1 Å². The molecule has 0 N–H and O–H groups in total. The van der Waals surface area contributed by atoms with E-state index in [4.69, 9.17) is 9.72 Å². The molecule has 73 heavy (non-hydrogen) atoms. The van der Waals surface area contributed by atoms with Crippen molar-refractivity contribution in [3.63, 3.8) is 0 Å². The summed E-state index contributed by atoms with van der Waals surface area (Å²) in [5, 5.41) is 2.19. The molecular formula is C67H66N4OPt-2. The largest absolute Gasteiger partial charge is 0.510 e. The molecule has 0 aliphatic rings. The van der Waals surface area contributed by atoms with Crippen molar-refractivity contribution in [1.82, 2.24) is 14.1 Å². The van der Waals surface area contributed by atoms with Crippen LogP contribution in [0.5, 0.6) is 11.5 Å². The molecule has 0 aliphatic heterocycles. The summed E-state index contributed by atoms with van der Waals surface area (Å²) < 4.78 is 13.6. The summed E-state index contributed by atoms with van der Waals surface area (Å²) in [4.78, 5) is 5.01. The number of aromatic nitrogens is 4. The van der Waals surface area contributed by atoms with Gasteiger partial charge >= 0.3 is 0 Å². The van der Waals surface area contributed by atoms with Crippen molar-refractivity contribution >= 4 is 21.8 Å². The van der Waals surface area contributed by atoms with Crippen molar-refractivity contribution in [3.8, 4) is 51.1 Å². The Morgan fingerprint density at radius 1 is 0.548 bits per heavy atom. The molecule has 0 bridgehead atoms. The molecule has 6 heteroatoms. The molecule has 10 aromatic rings. The molecule has 0 radical (unpaired) electrons. The number of fused-ring (bicyclic) bond motifs is 3. The molecule has 372 valence electrons. The summed E-state index contributed by atoms with van der Waals surface area (Å²) in [5.74, 6) is 2.53. The van der Waals surface area contributed by atoms with E-state index >= 15 is 0 Å². The summed E-state index contributed by atoms with van der Waals surface area (Å²) in [6.45, 7) is 27.4. The van der Waals surface area contributed by atoms with Gasteiger partial charge in [0.05, 0.1) is 11.4 Å². The molecular weight excluding hydrogens is 1070 g/mol. The van der Waals surface area contributed by atoms with Gasteiger partial charge in [0, 0.05) is 55.9 Å². The Morgan fingerprint density at radius 3 is 1.82 bits per heavy atom. The van der Waals surface area contributed by atoms with Crippen LogP contribution >= 0.6 is 0 Å². The fraction of sp³-hybridized carbons (Fsp3) is 0.254. The van der Waals surface area contributed by atoms with Crippen LogP contribution in [0.2, 0.25) is 0 Å². The van der Waals surface area contributed by atoms with E-state index in [9.17, 15) is 0 Å². The van der Waals surface area contributed by atoms with Gasteiger partial charge in [0.2, 0.25) is 0 Å². The van der Waals surface area contributed by atoms with E-state index in [2.05, 4.69) is 273 Å². The van der Waals surface area contributed by atoms with E-state index in [1.165, 1.54) is 38.9 Å². The van der Waals surface area contributed by atoms with E-state index in [1.54, 1.807) is 0 Å². The van der Waals surface area contributed by atoms with E-state index in [1.807, 2.05) is 12.3 Å². The molecule has 7 aromatic carbocycles. The zero-order chi connectivity index (χ0) is 50.7. The van der Waals surface area contributed by atoms with Crippen molar-refractivity contribution in [2.24, 2.45) is 0 Å². The van der Waals surface area contributed by atoms with Gasteiger partial charge in [0.15, 0.2) is 0 Å². The molecule has 0 spiro atoms. The van der Waals surface area contributed by atoms with Crippen molar-refractivity contribution in [3.05, 3.63) is 222 Å². The first-order valence-corrected chi connectivity index (χ1v) is 25.5. The summed E-state index contributed by atoms with van der Waals surface area (Å²) in [6, 6.07) is 63.9. The maximum atomic E-state index is 7.02. The number of nitrogens with zero attached hydrogens (tertiary/aromatic N) is 4. The summed E-state index contributed by atoms with van der Waals surface area (Å²) in [6.07, 6.45) is 8.09. The molecule has 10 rings (SSSR count). The fourth-order valence-electron chi connectivity index (χ4n) is 10.1. The SMILES string of the molecule is CC(C)c1cccc(C(C)C)c1-c1c[n+](-c2cc(C(C)(C)C)cc(C(C)(C)C)c2)[c-]n1-c1[c-]c(Oc2[c-]c3c(cc2)c2ccccc2n3-c2cc(C(C)(C)c3ccccc3)ccn2)cc(-c2ccccc2)c1.[Pt]. The number of ether oxygens (including phenoxy) is 1. The van der Waals surface area contributed by atoms with Gasteiger partial charge in [0.1, 0.15) is 5.82 Å². The number of hydrogen-bond donors (Lipinski definition) is 0. The van der Waals surface area contributed by atoms with Crippen LogP contribution in [0.4, 0.5) is 0 Å². The minimum Gasteiger partial charge on any atom is -0.510 e. The molecule has 0 saturated heterocycles. The molecule has 0 saturated carbocycles. The average Bonchev–Trinajstić information content (AvgIpc) is 3.96. The fourth-order valence-corrected chi connectivity index (χ4v) is 10.1. The number of para-hydroxylation sites is 1. The van der Waals surface area contributed by atoms with E-state index in [0.717, 1.165) is 55.8 Å². The van der Waals surface area contributed by atoms with Crippen molar-refractivity contribution in [2.75, 3.05) is 0 Å². The van der Waals surface area contributed by atoms with Crippen molar-refractivity contribution in [1.29, 1.82) is 0 Å². The van der Waals surface area contributed by atoms with E-state index < -0.39 is 0 Å². The molecule has 0 aliphatic carbocycles. The Hall–Kier alpha value is -6.81. The van der Waals surface area contributed by atoms with Gasteiger partial charge in [-0.1, -0.05) is 192 Å². The third kappa shape index (κ3) is 10.0. The zero-order valence-corrected chi connectivity index (χ0v) is 46.6. The minimum absolute atomic E-state index is 0. The Bertz CT molecular complexity index is 3540. The Morgan fingerprint density at radius 2 is 1.18 bits per heavy atom. The van der Waals surface area contributed by atoms with Crippen molar-refractivity contribution in [2.45, 2.75) is 111 Å². The van der Waals surface area contributed by atoms with Crippen LogP contribution in [-0.4, -0.2) is 14.1 Å². The zero-order valence-electron chi connectivity index (χ0n) is 44.3. The van der Waals surface area contributed by atoms with Crippen LogP contribution in [0.25, 0.3) is 61.4 Å². The van der Waals surface area contributed by atoms with Gasteiger partial charge in [0.25, 0.3) is 6.33 Å². The molecule has 3 heterocycles. The smallest absolute Gasteiger partial charge is 0.267 e. The maximum Gasteiger partial charge on any atom is 0.267 e. The Labute approximate surface area is 447 Å². The molecule has 0 unspecified atom stereocenters. The summed E-state index contributed by atoms with van der Waals surface area (Å²) >= 11 is 0. The second-order valence-corrected chi connectivity index (χ2v) is 22.6. The van der Waals surface area contributed by atoms with Gasteiger partial charge in [-0.2, -0.15) is 12.1 Å². The average molecular weight is 1140 g/mol. The van der Waals surface area contributed by atoms with Crippen LogP contribution in [0.3, 0.4) is 0 Å². The first-order chi connectivity index (χ1) is 34.3. The number of rotatable bonds is 11.